The zero-order valence-electron chi connectivity index (χ0n) is 19.4. The van der Waals surface area contributed by atoms with Crippen molar-refractivity contribution < 1.29 is 4.79 Å². The average Bonchev–Trinajstić information content (AvgIpc) is 2.76. The fraction of sp³-hybridized carbons (Fsp3) is 0.741. The standard InChI is InChI=1S/C27H46NO/c1-3-5-6-7-8-9-10-11-12-13-14-15-16-17-18-22-25-28(4-2)27(29)26-23-20-19-21-24-26/h19-21,23H,3-18,22,25H2,1-2H3. The third-order valence-electron chi connectivity index (χ3n) is 5.89. The molecule has 1 aromatic carbocycles. The predicted octanol–water partition coefficient (Wildman–Crippen LogP) is 8.21. The second-order valence-electron chi connectivity index (χ2n) is 8.46. The van der Waals surface area contributed by atoms with Crippen LogP contribution in [0.2, 0.25) is 0 Å². The van der Waals surface area contributed by atoms with Gasteiger partial charge in [-0.2, -0.15) is 0 Å². The van der Waals surface area contributed by atoms with Crippen molar-refractivity contribution in [2.75, 3.05) is 13.1 Å². The van der Waals surface area contributed by atoms with E-state index in [4.69, 9.17) is 0 Å². The molecule has 2 nitrogen and oxygen atoms in total. The second-order valence-corrected chi connectivity index (χ2v) is 8.46. The molecule has 29 heavy (non-hydrogen) atoms. The molecule has 0 aliphatic carbocycles. The Balaban J connectivity index is 1.88. The number of carbonyl (C=O) groups is 1. The number of nitrogens with zero attached hydrogens (tertiary/aromatic N) is 1. The molecule has 165 valence electrons. The lowest BCUT2D eigenvalue weighted by molar-refractivity contribution is 0.0761. The number of benzene rings is 1. The molecule has 1 radical (unpaired) electrons. The Hall–Kier alpha value is -1.31. The highest BCUT2D eigenvalue weighted by molar-refractivity contribution is 5.93. The minimum absolute atomic E-state index is 0.119. The van der Waals surface area contributed by atoms with Gasteiger partial charge in [-0.25, -0.2) is 0 Å². The monoisotopic (exact) mass is 400 g/mol. The van der Waals surface area contributed by atoms with Crippen molar-refractivity contribution in [1.82, 2.24) is 4.90 Å². The molecule has 0 atom stereocenters. The van der Waals surface area contributed by atoms with Crippen LogP contribution in [0.1, 0.15) is 127 Å². The van der Waals surface area contributed by atoms with E-state index in [1.165, 1.54) is 96.3 Å². The highest BCUT2D eigenvalue weighted by Crippen LogP contribution is 2.14. The summed E-state index contributed by atoms with van der Waals surface area (Å²) < 4.78 is 0. The SMILES string of the molecule is CCCCCCCCCCCCCCCCCCN(CC)C(=O)c1[c]cccc1. The van der Waals surface area contributed by atoms with Crippen molar-refractivity contribution in [1.29, 1.82) is 0 Å². The Morgan fingerprint density at radius 1 is 0.724 bits per heavy atom. The molecule has 0 aliphatic rings. The molecule has 0 spiro atoms. The van der Waals surface area contributed by atoms with Gasteiger partial charge in [-0.15, -0.1) is 0 Å². The van der Waals surface area contributed by atoms with Crippen LogP contribution in [0.15, 0.2) is 24.3 Å². The largest absolute Gasteiger partial charge is 0.339 e. The maximum atomic E-state index is 12.5. The Kier molecular flexibility index (Phi) is 16.6. The van der Waals surface area contributed by atoms with Crippen LogP contribution in [0.5, 0.6) is 0 Å². The molecular weight excluding hydrogens is 354 g/mol. The molecule has 0 aliphatic heterocycles. The van der Waals surface area contributed by atoms with Crippen LogP contribution in [0.3, 0.4) is 0 Å². The van der Waals surface area contributed by atoms with E-state index in [-0.39, 0.29) is 5.91 Å². The topological polar surface area (TPSA) is 20.3 Å². The van der Waals surface area contributed by atoms with Gasteiger partial charge in [0, 0.05) is 18.7 Å². The van der Waals surface area contributed by atoms with Crippen molar-refractivity contribution in [3.8, 4) is 0 Å². The molecule has 1 rings (SSSR count). The highest BCUT2D eigenvalue weighted by Gasteiger charge is 2.13. The summed E-state index contributed by atoms with van der Waals surface area (Å²) in [5, 5.41) is 0. The highest BCUT2D eigenvalue weighted by atomic mass is 16.2. The Labute approximate surface area is 181 Å². The van der Waals surface area contributed by atoms with E-state index in [2.05, 4.69) is 19.9 Å². The lowest BCUT2D eigenvalue weighted by Crippen LogP contribution is -2.31. The number of carbonyl (C=O) groups excluding carboxylic acids is 1. The molecule has 0 bridgehead atoms. The van der Waals surface area contributed by atoms with E-state index in [0.29, 0.717) is 5.56 Å². The van der Waals surface area contributed by atoms with Gasteiger partial charge in [0.15, 0.2) is 0 Å². The molecule has 0 unspecified atom stereocenters. The Bertz CT molecular complexity index is 485. The number of hydrogen-bond acceptors (Lipinski definition) is 1. The number of unbranched alkanes of at least 4 members (excludes halogenated alkanes) is 15. The number of hydrogen-bond donors (Lipinski definition) is 0. The van der Waals surface area contributed by atoms with Crippen LogP contribution < -0.4 is 0 Å². The van der Waals surface area contributed by atoms with Gasteiger partial charge in [-0.1, -0.05) is 121 Å². The third-order valence-corrected chi connectivity index (χ3v) is 5.89. The van der Waals surface area contributed by atoms with Crippen molar-refractivity contribution >= 4 is 5.91 Å². The Morgan fingerprint density at radius 2 is 1.21 bits per heavy atom. The minimum Gasteiger partial charge on any atom is -0.339 e. The van der Waals surface area contributed by atoms with Crippen LogP contribution in [0, 0.1) is 6.07 Å². The first kappa shape index (κ1) is 25.7. The molecule has 1 aromatic rings. The summed E-state index contributed by atoms with van der Waals surface area (Å²) in [6, 6.07) is 10.5. The lowest BCUT2D eigenvalue weighted by atomic mass is 10.0. The predicted molar refractivity (Wildman–Crippen MR) is 126 cm³/mol. The molecular formula is C27H46NO. The first-order valence-electron chi connectivity index (χ1n) is 12.6. The van der Waals surface area contributed by atoms with Gasteiger partial charge in [0.25, 0.3) is 5.91 Å². The zero-order valence-corrected chi connectivity index (χ0v) is 19.4. The summed E-state index contributed by atoms with van der Waals surface area (Å²) in [5.74, 6) is 0.119. The first-order valence-corrected chi connectivity index (χ1v) is 12.6. The summed E-state index contributed by atoms with van der Waals surface area (Å²) in [6.45, 7) is 6.00. The van der Waals surface area contributed by atoms with Crippen LogP contribution in [0.4, 0.5) is 0 Å². The summed E-state index contributed by atoms with van der Waals surface area (Å²) in [4.78, 5) is 14.4. The van der Waals surface area contributed by atoms with Gasteiger partial charge in [-0.05, 0) is 25.5 Å². The van der Waals surface area contributed by atoms with E-state index in [1.807, 2.05) is 29.2 Å². The summed E-state index contributed by atoms with van der Waals surface area (Å²) in [7, 11) is 0. The van der Waals surface area contributed by atoms with Gasteiger partial charge < -0.3 is 4.90 Å². The van der Waals surface area contributed by atoms with Crippen molar-refractivity contribution in [3.05, 3.63) is 35.9 Å². The molecule has 0 aromatic heterocycles. The van der Waals surface area contributed by atoms with Gasteiger partial charge in [-0.3, -0.25) is 4.79 Å². The first-order chi connectivity index (χ1) is 14.3. The van der Waals surface area contributed by atoms with Gasteiger partial charge >= 0.3 is 0 Å². The molecule has 2 heteroatoms. The maximum absolute atomic E-state index is 12.5. The van der Waals surface area contributed by atoms with E-state index in [9.17, 15) is 4.79 Å². The van der Waals surface area contributed by atoms with Gasteiger partial charge in [0.2, 0.25) is 0 Å². The minimum atomic E-state index is 0.119. The smallest absolute Gasteiger partial charge is 0.254 e. The summed E-state index contributed by atoms with van der Waals surface area (Å²) in [6.07, 6.45) is 22.1. The van der Waals surface area contributed by atoms with E-state index >= 15 is 0 Å². The van der Waals surface area contributed by atoms with Gasteiger partial charge in [0.1, 0.15) is 0 Å². The van der Waals surface area contributed by atoms with E-state index in [0.717, 1.165) is 19.5 Å². The van der Waals surface area contributed by atoms with Crippen molar-refractivity contribution in [3.63, 3.8) is 0 Å². The Morgan fingerprint density at radius 3 is 1.62 bits per heavy atom. The second kappa shape index (κ2) is 18.7. The molecule has 1 amide bonds. The molecule has 0 saturated heterocycles. The maximum Gasteiger partial charge on any atom is 0.254 e. The quantitative estimate of drug-likeness (QED) is 0.214. The fourth-order valence-corrected chi connectivity index (χ4v) is 3.95. The fourth-order valence-electron chi connectivity index (χ4n) is 3.95. The van der Waals surface area contributed by atoms with Crippen LogP contribution in [-0.2, 0) is 0 Å². The van der Waals surface area contributed by atoms with E-state index in [1.54, 1.807) is 0 Å². The lowest BCUT2D eigenvalue weighted by Gasteiger charge is -2.20. The molecule has 0 fully saturated rings. The summed E-state index contributed by atoms with van der Waals surface area (Å²) >= 11 is 0. The number of rotatable bonds is 19. The van der Waals surface area contributed by atoms with Crippen molar-refractivity contribution in [2.24, 2.45) is 0 Å². The normalized spacial score (nSPS) is 11.0. The van der Waals surface area contributed by atoms with Crippen LogP contribution in [-0.4, -0.2) is 23.9 Å². The molecule has 0 heterocycles. The van der Waals surface area contributed by atoms with Crippen LogP contribution >= 0.6 is 0 Å². The average molecular weight is 401 g/mol. The van der Waals surface area contributed by atoms with Crippen molar-refractivity contribution in [2.45, 2.75) is 117 Å². The zero-order chi connectivity index (χ0) is 21.0. The van der Waals surface area contributed by atoms with Gasteiger partial charge in [0.05, 0.1) is 0 Å². The molecule has 0 N–H and O–H groups in total. The number of amides is 1. The van der Waals surface area contributed by atoms with E-state index < -0.39 is 0 Å². The molecule has 0 saturated carbocycles. The van der Waals surface area contributed by atoms with Crippen LogP contribution in [0.25, 0.3) is 0 Å². The third kappa shape index (κ3) is 13.5. The summed E-state index contributed by atoms with van der Waals surface area (Å²) in [5.41, 5.74) is 0.686.